The van der Waals surface area contributed by atoms with Gasteiger partial charge in [0.2, 0.25) is 5.95 Å². The largest absolute Gasteiger partial charge is 0.478 e. The Morgan fingerprint density at radius 1 is 1.33 bits per heavy atom. The molecule has 1 aliphatic heterocycles. The summed E-state index contributed by atoms with van der Waals surface area (Å²) in [6.45, 7) is 6.80. The number of H-pyrrole nitrogens is 1. The smallest absolute Gasteiger partial charge is 0.410 e. The number of hydrogen-bond donors (Lipinski definition) is 2. The first-order valence-electron chi connectivity index (χ1n) is 8.97. The number of hydrogen-bond acceptors (Lipinski definition) is 5. The van der Waals surface area contributed by atoms with Crippen LogP contribution in [0.4, 0.5) is 10.7 Å². The predicted octanol–water partition coefficient (Wildman–Crippen LogP) is 3.61. The average molecular weight is 372 g/mol. The lowest BCUT2D eigenvalue weighted by Gasteiger charge is -2.32. The maximum absolute atomic E-state index is 12.1. The van der Waals surface area contributed by atoms with Crippen molar-refractivity contribution in [3.05, 3.63) is 23.8 Å². The van der Waals surface area contributed by atoms with E-state index in [-0.39, 0.29) is 17.6 Å². The highest BCUT2D eigenvalue weighted by Gasteiger charge is 2.26. The van der Waals surface area contributed by atoms with Crippen molar-refractivity contribution in [2.75, 3.05) is 13.1 Å². The molecule has 0 unspecified atom stereocenters. The van der Waals surface area contributed by atoms with Gasteiger partial charge in [-0.15, -0.1) is 0 Å². The Hall–Kier alpha value is -2.90. The lowest BCUT2D eigenvalue weighted by molar-refractivity contribution is 0.0202. The third-order valence-electron chi connectivity index (χ3n) is 4.33. The highest BCUT2D eigenvalue weighted by Crippen LogP contribution is 2.22. The summed E-state index contributed by atoms with van der Waals surface area (Å²) in [6, 6.07) is 4.96. The number of nitrogens with zero attached hydrogens (tertiary/aromatic N) is 3. The Bertz CT molecular complexity index is 873. The van der Waals surface area contributed by atoms with Crippen LogP contribution in [0.3, 0.4) is 0 Å². The van der Waals surface area contributed by atoms with Gasteiger partial charge in [0, 0.05) is 19.3 Å². The average Bonchev–Trinajstić information content (AvgIpc) is 3.01. The number of carbonyl (C=O) groups excluding carboxylic acids is 1. The van der Waals surface area contributed by atoms with Gasteiger partial charge in [-0.3, -0.25) is 0 Å². The van der Waals surface area contributed by atoms with Gasteiger partial charge in [0.15, 0.2) is 0 Å². The van der Waals surface area contributed by atoms with Gasteiger partial charge >= 0.3 is 12.1 Å². The van der Waals surface area contributed by atoms with E-state index in [4.69, 9.17) is 4.74 Å². The number of likely N-dealkylation sites (tertiary alicyclic amines) is 1. The molecular weight excluding hydrogens is 348 g/mol. The fourth-order valence-electron chi connectivity index (χ4n) is 2.99. The maximum Gasteiger partial charge on any atom is 0.410 e. The maximum atomic E-state index is 12.1. The van der Waals surface area contributed by atoms with Crippen molar-refractivity contribution in [3.63, 3.8) is 0 Å². The van der Waals surface area contributed by atoms with Gasteiger partial charge < -0.3 is 19.7 Å². The number of aromatic amines is 1. The van der Waals surface area contributed by atoms with Crippen molar-refractivity contribution in [3.8, 4) is 0 Å². The van der Waals surface area contributed by atoms with Crippen molar-refractivity contribution >= 4 is 35.3 Å². The fourth-order valence-corrected chi connectivity index (χ4v) is 2.99. The molecule has 2 aromatic rings. The molecule has 1 aliphatic rings. The Kier molecular flexibility index (Phi) is 5.16. The summed E-state index contributed by atoms with van der Waals surface area (Å²) < 4.78 is 5.40. The number of aromatic nitrogens is 2. The standard InChI is InChI=1S/C19H24N4O4/c1-19(2,3)27-18(26)23-9-7-12(8-10-23)11-20-17-21-14-6-4-5-13(16(24)25)15(14)22-17/h4-6,11-12H,7-10H2,1-3H3,(H,21,22)(H,24,25). The zero-order valence-corrected chi connectivity index (χ0v) is 15.7. The Labute approximate surface area is 157 Å². The third-order valence-corrected chi connectivity index (χ3v) is 4.33. The van der Waals surface area contributed by atoms with Crippen LogP contribution in [-0.2, 0) is 4.74 Å². The number of ether oxygens (including phenoxy) is 1. The molecule has 0 saturated carbocycles. The Balaban J connectivity index is 1.61. The van der Waals surface area contributed by atoms with Crippen LogP contribution in [0.15, 0.2) is 23.2 Å². The summed E-state index contributed by atoms with van der Waals surface area (Å²) in [4.78, 5) is 36.8. The lowest BCUT2D eigenvalue weighted by atomic mass is 9.98. The number of carboxylic acid groups (broad SMARTS) is 1. The molecule has 144 valence electrons. The summed E-state index contributed by atoms with van der Waals surface area (Å²) in [5.41, 5.74) is 0.695. The number of carbonyl (C=O) groups is 2. The number of para-hydroxylation sites is 1. The molecule has 0 aliphatic carbocycles. The second-order valence-corrected chi connectivity index (χ2v) is 7.65. The number of carboxylic acids is 1. The number of rotatable bonds is 3. The molecule has 0 bridgehead atoms. The molecule has 1 amide bonds. The van der Waals surface area contributed by atoms with E-state index in [2.05, 4.69) is 15.0 Å². The molecular formula is C19H24N4O4. The van der Waals surface area contributed by atoms with Gasteiger partial charge in [0.1, 0.15) is 11.1 Å². The van der Waals surface area contributed by atoms with Crippen molar-refractivity contribution in [1.82, 2.24) is 14.9 Å². The van der Waals surface area contributed by atoms with E-state index in [1.165, 1.54) is 6.07 Å². The monoisotopic (exact) mass is 372 g/mol. The van der Waals surface area contributed by atoms with Gasteiger partial charge in [-0.2, -0.15) is 0 Å². The lowest BCUT2D eigenvalue weighted by Crippen LogP contribution is -2.41. The minimum absolute atomic E-state index is 0.149. The second-order valence-electron chi connectivity index (χ2n) is 7.65. The minimum Gasteiger partial charge on any atom is -0.478 e. The topological polar surface area (TPSA) is 108 Å². The van der Waals surface area contributed by atoms with E-state index in [1.807, 2.05) is 27.0 Å². The predicted molar refractivity (Wildman–Crippen MR) is 102 cm³/mol. The minimum atomic E-state index is -1.02. The van der Waals surface area contributed by atoms with Gasteiger partial charge in [-0.25, -0.2) is 19.6 Å². The molecule has 1 saturated heterocycles. The second kappa shape index (κ2) is 7.38. The molecule has 3 rings (SSSR count). The van der Waals surface area contributed by atoms with E-state index < -0.39 is 11.6 Å². The van der Waals surface area contributed by atoms with E-state index in [1.54, 1.807) is 17.0 Å². The third kappa shape index (κ3) is 4.64. The number of amides is 1. The molecule has 27 heavy (non-hydrogen) atoms. The van der Waals surface area contributed by atoms with Crippen LogP contribution in [-0.4, -0.2) is 56.9 Å². The van der Waals surface area contributed by atoms with E-state index in [9.17, 15) is 14.7 Å². The first kappa shape index (κ1) is 18.9. The van der Waals surface area contributed by atoms with Crippen molar-refractivity contribution in [2.45, 2.75) is 39.2 Å². The van der Waals surface area contributed by atoms with Crippen LogP contribution in [0.2, 0.25) is 0 Å². The SMILES string of the molecule is CC(C)(C)OC(=O)N1CCC(C=Nc2nc3c(C(=O)O)cccc3[nH]2)CC1. The van der Waals surface area contributed by atoms with Gasteiger partial charge in [0.25, 0.3) is 0 Å². The highest BCUT2D eigenvalue weighted by atomic mass is 16.6. The Morgan fingerprint density at radius 2 is 2.04 bits per heavy atom. The Morgan fingerprint density at radius 3 is 2.67 bits per heavy atom. The van der Waals surface area contributed by atoms with Crippen LogP contribution in [0.5, 0.6) is 0 Å². The molecule has 1 aromatic carbocycles. The molecule has 8 heteroatoms. The quantitative estimate of drug-likeness (QED) is 0.800. The van der Waals surface area contributed by atoms with E-state index in [0.29, 0.717) is 30.1 Å². The number of fused-ring (bicyclic) bond motifs is 1. The van der Waals surface area contributed by atoms with Crippen molar-refractivity contribution in [1.29, 1.82) is 0 Å². The number of nitrogens with one attached hydrogen (secondary N) is 1. The molecule has 8 nitrogen and oxygen atoms in total. The van der Waals surface area contributed by atoms with Crippen LogP contribution in [0.1, 0.15) is 44.0 Å². The molecule has 1 aromatic heterocycles. The first-order valence-corrected chi connectivity index (χ1v) is 8.97. The molecule has 2 N–H and O–H groups in total. The molecule has 0 radical (unpaired) electrons. The summed E-state index contributed by atoms with van der Waals surface area (Å²) in [5, 5.41) is 9.23. The number of piperidine rings is 1. The fraction of sp³-hybridized carbons (Fsp3) is 0.474. The summed E-state index contributed by atoms with van der Waals surface area (Å²) in [5.74, 6) is -0.402. The number of imidazole rings is 1. The van der Waals surface area contributed by atoms with Gasteiger partial charge in [-0.1, -0.05) is 6.07 Å². The summed E-state index contributed by atoms with van der Waals surface area (Å²) in [6.07, 6.45) is 3.13. The number of benzene rings is 1. The molecule has 0 atom stereocenters. The normalized spacial score (nSPS) is 16.2. The van der Waals surface area contributed by atoms with Gasteiger partial charge in [0.05, 0.1) is 11.1 Å². The number of aliphatic imine (C=N–C) groups is 1. The molecule has 1 fully saturated rings. The van der Waals surface area contributed by atoms with Crippen LogP contribution >= 0.6 is 0 Å². The van der Waals surface area contributed by atoms with E-state index in [0.717, 1.165) is 12.8 Å². The van der Waals surface area contributed by atoms with E-state index >= 15 is 0 Å². The van der Waals surface area contributed by atoms with Crippen molar-refractivity contribution < 1.29 is 19.4 Å². The zero-order valence-electron chi connectivity index (χ0n) is 15.7. The van der Waals surface area contributed by atoms with Crippen LogP contribution < -0.4 is 0 Å². The molecule has 2 heterocycles. The van der Waals surface area contributed by atoms with Gasteiger partial charge in [-0.05, 0) is 51.7 Å². The summed E-state index contributed by atoms with van der Waals surface area (Å²) >= 11 is 0. The van der Waals surface area contributed by atoms with Crippen LogP contribution in [0, 0.1) is 5.92 Å². The van der Waals surface area contributed by atoms with Crippen molar-refractivity contribution in [2.24, 2.45) is 10.9 Å². The molecule has 0 spiro atoms. The first-order chi connectivity index (χ1) is 12.7. The number of aromatic carboxylic acids is 1. The summed E-state index contributed by atoms with van der Waals surface area (Å²) in [7, 11) is 0. The highest BCUT2D eigenvalue weighted by molar-refractivity contribution is 6.01. The zero-order chi connectivity index (χ0) is 19.6. The van der Waals surface area contributed by atoms with Crippen LogP contribution in [0.25, 0.3) is 11.0 Å².